The number of amides is 1. The number of benzene rings is 2. The first-order chi connectivity index (χ1) is 11.7. The van der Waals surface area contributed by atoms with Crippen LogP contribution in [0.2, 0.25) is 15.1 Å². The van der Waals surface area contributed by atoms with Gasteiger partial charge in [-0.2, -0.15) is 0 Å². The molecule has 0 aromatic heterocycles. The number of carbonyl (C=O) groups is 2. The molecule has 0 aliphatic heterocycles. The van der Waals surface area contributed by atoms with Gasteiger partial charge in [-0.15, -0.1) is 0 Å². The average molecular weight is 401 g/mol. The summed E-state index contributed by atoms with van der Waals surface area (Å²) >= 11 is 17.7. The zero-order chi connectivity index (χ0) is 18.6. The van der Waals surface area contributed by atoms with Crippen molar-refractivity contribution >= 4 is 52.4 Å². The molecule has 0 atom stereocenters. The molecule has 1 N–H and O–H groups in total. The van der Waals surface area contributed by atoms with Gasteiger partial charge < -0.3 is 10.1 Å². The van der Waals surface area contributed by atoms with Gasteiger partial charge in [-0.25, -0.2) is 0 Å². The molecule has 2 aromatic carbocycles. The van der Waals surface area contributed by atoms with Crippen LogP contribution in [0.4, 0.5) is 5.69 Å². The quantitative estimate of drug-likeness (QED) is 0.561. The average Bonchev–Trinajstić information content (AvgIpc) is 2.58. The van der Waals surface area contributed by atoms with Crippen LogP contribution in [0.25, 0.3) is 0 Å². The second-order valence-electron chi connectivity index (χ2n) is 5.86. The molecule has 132 valence electrons. The van der Waals surface area contributed by atoms with E-state index in [4.69, 9.17) is 39.5 Å². The predicted molar refractivity (Wildman–Crippen MR) is 101 cm³/mol. The zero-order valence-electron chi connectivity index (χ0n) is 13.6. The van der Waals surface area contributed by atoms with Gasteiger partial charge in [-0.05, 0) is 31.5 Å². The summed E-state index contributed by atoms with van der Waals surface area (Å²) < 4.78 is 5.14. The van der Waals surface area contributed by atoms with Crippen molar-refractivity contribution in [3.05, 3.63) is 63.1 Å². The number of anilines is 1. The minimum atomic E-state index is -0.872. The van der Waals surface area contributed by atoms with Gasteiger partial charge in [0.15, 0.2) is 6.61 Å². The Bertz CT molecular complexity index is 792. The molecule has 0 heterocycles. The van der Waals surface area contributed by atoms with Crippen LogP contribution in [0.15, 0.2) is 42.5 Å². The van der Waals surface area contributed by atoms with E-state index >= 15 is 0 Å². The minimum absolute atomic E-state index is 0.235. The largest absolute Gasteiger partial charge is 0.455 e. The van der Waals surface area contributed by atoms with Crippen LogP contribution in [0.1, 0.15) is 19.4 Å². The molecule has 0 bridgehead atoms. The van der Waals surface area contributed by atoms with Gasteiger partial charge >= 0.3 is 5.97 Å². The molecule has 0 saturated heterocycles. The van der Waals surface area contributed by atoms with Crippen molar-refractivity contribution in [2.24, 2.45) is 0 Å². The molecule has 0 spiro atoms. The van der Waals surface area contributed by atoms with E-state index in [0.717, 1.165) is 5.56 Å². The summed E-state index contributed by atoms with van der Waals surface area (Å²) in [4.78, 5) is 24.3. The Morgan fingerprint density at radius 1 is 1.00 bits per heavy atom. The van der Waals surface area contributed by atoms with Crippen LogP contribution in [0.3, 0.4) is 0 Å². The molecule has 0 saturated carbocycles. The van der Waals surface area contributed by atoms with Gasteiger partial charge in [0.25, 0.3) is 5.91 Å². The molecule has 0 unspecified atom stereocenters. The van der Waals surface area contributed by atoms with Crippen molar-refractivity contribution in [1.29, 1.82) is 0 Å². The van der Waals surface area contributed by atoms with Gasteiger partial charge in [-0.3, -0.25) is 9.59 Å². The van der Waals surface area contributed by atoms with Crippen molar-refractivity contribution in [3.63, 3.8) is 0 Å². The molecule has 0 aliphatic rings. The maximum absolute atomic E-state index is 12.3. The Hall–Kier alpha value is -1.75. The molecular formula is C18H16Cl3NO3. The fourth-order valence-corrected chi connectivity index (χ4v) is 2.68. The summed E-state index contributed by atoms with van der Waals surface area (Å²) in [6, 6.07) is 12.0. The van der Waals surface area contributed by atoms with E-state index in [0.29, 0.717) is 5.69 Å². The number of nitrogens with one attached hydrogen (secondary N) is 1. The first-order valence-electron chi connectivity index (χ1n) is 7.39. The molecule has 1 amide bonds. The number of hydrogen-bond acceptors (Lipinski definition) is 3. The summed E-state index contributed by atoms with van der Waals surface area (Å²) in [5, 5.41) is 3.30. The molecule has 2 rings (SSSR count). The number of ether oxygens (including phenoxy) is 1. The van der Waals surface area contributed by atoms with Crippen molar-refractivity contribution in [2.75, 3.05) is 11.9 Å². The zero-order valence-corrected chi connectivity index (χ0v) is 15.9. The van der Waals surface area contributed by atoms with E-state index < -0.39 is 23.9 Å². The summed E-state index contributed by atoms with van der Waals surface area (Å²) in [6.07, 6.45) is 0. The third kappa shape index (κ3) is 4.88. The van der Waals surface area contributed by atoms with Crippen LogP contribution in [0, 0.1) is 0 Å². The topological polar surface area (TPSA) is 55.4 Å². The number of hydrogen-bond donors (Lipinski definition) is 1. The predicted octanol–water partition coefficient (Wildman–Crippen LogP) is 5.11. The number of carbonyl (C=O) groups excluding carboxylic acids is 2. The number of rotatable bonds is 5. The Balaban J connectivity index is 1.98. The third-order valence-corrected chi connectivity index (χ3v) is 4.66. The molecule has 0 aliphatic carbocycles. The highest BCUT2D eigenvalue weighted by Gasteiger charge is 2.31. The molecule has 7 heteroatoms. The maximum Gasteiger partial charge on any atom is 0.316 e. The lowest BCUT2D eigenvalue weighted by Crippen LogP contribution is -2.33. The number of esters is 1. The van der Waals surface area contributed by atoms with Gasteiger partial charge in [0.1, 0.15) is 0 Å². The summed E-state index contributed by atoms with van der Waals surface area (Å²) in [7, 11) is 0. The fourth-order valence-electron chi connectivity index (χ4n) is 2.09. The van der Waals surface area contributed by atoms with Gasteiger partial charge in [0.2, 0.25) is 0 Å². The van der Waals surface area contributed by atoms with E-state index in [1.807, 2.05) is 30.3 Å². The summed E-state index contributed by atoms with van der Waals surface area (Å²) in [5.41, 5.74) is 0.218. The van der Waals surface area contributed by atoms with Crippen LogP contribution >= 0.6 is 34.8 Å². The lowest BCUT2D eigenvalue weighted by Gasteiger charge is -2.22. The monoisotopic (exact) mass is 399 g/mol. The van der Waals surface area contributed by atoms with Crippen LogP contribution in [-0.4, -0.2) is 18.5 Å². The third-order valence-electron chi connectivity index (χ3n) is 3.62. The van der Waals surface area contributed by atoms with E-state index in [1.165, 1.54) is 12.1 Å². The van der Waals surface area contributed by atoms with E-state index in [9.17, 15) is 9.59 Å². The van der Waals surface area contributed by atoms with E-state index in [1.54, 1.807) is 13.8 Å². The standard InChI is InChI=1S/C18H16Cl3NO3/c1-18(2,11-6-4-3-5-7-11)17(24)25-10-16(23)22-15-9-13(20)12(19)8-14(15)21/h3-9H,10H2,1-2H3,(H,22,23). The lowest BCUT2D eigenvalue weighted by atomic mass is 9.85. The van der Waals surface area contributed by atoms with E-state index in [2.05, 4.69) is 5.32 Å². The normalized spacial score (nSPS) is 11.1. The van der Waals surface area contributed by atoms with E-state index in [-0.39, 0.29) is 15.1 Å². The smallest absolute Gasteiger partial charge is 0.316 e. The SMILES string of the molecule is CC(C)(C(=O)OCC(=O)Nc1cc(Cl)c(Cl)cc1Cl)c1ccccc1. The van der Waals surface area contributed by atoms with Crippen molar-refractivity contribution in [3.8, 4) is 0 Å². The van der Waals surface area contributed by atoms with Crippen molar-refractivity contribution in [1.82, 2.24) is 0 Å². The molecule has 25 heavy (non-hydrogen) atoms. The van der Waals surface area contributed by atoms with Gasteiger partial charge in [0, 0.05) is 0 Å². The van der Waals surface area contributed by atoms with Crippen molar-refractivity contribution in [2.45, 2.75) is 19.3 Å². The van der Waals surface area contributed by atoms with Crippen LogP contribution < -0.4 is 5.32 Å². The second-order valence-corrected chi connectivity index (χ2v) is 7.08. The van der Waals surface area contributed by atoms with Gasteiger partial charge in [-0.1, -0.05) is 65.1 Å². The molecule has 0 radical (unpaired) electrons. The Kier molecular flexibility index (Phi) is 6.33. The summed E-state index contributed by atoms with van der Waals surface area (Å²) in [5.74, 6) is -1.04. The molecular weight excluding hydrogens is 385 g/mol. The first-order valence-corrected chi connectivity index (χ1v) is 8.52. The Morgan fingerprint density at radius 2 is 1.60 bits per heavy atom. The summed E-state index contributed by atoms with van der Waals surface area (Å²) in [6.45, 7) is 3.03. The van der Waals surface area contributed by atoms with Crippen LogP contribution in [0.5, 0.6) is 0 Å². The number of halogens is 3. The molecule has 2 aromatic rings. The second kappa shape index (κ2) is 8.09. The lowest BCUT2D eigenvalue weighted by molar-refractivity contribution is -0.152. The van der Waals surface area contributed by atoms with Crippen LogP contribution in [-0.2, 0) is 19.7 Å². The highest BCUT2D eigenvalue weighted by Crippen LogP contribution is 2.32. The van der Waals surface area contributed by atoms with Gasteiger partial charge in [0.05, 0.1) is 26.2 Å². The highest BCUT2D eigenvalue weighted by atomic mass is 35.5. The molecule has 0 fully saturated rings. The fraction of sp³-hybridized carbons (Fsp3) is 0.222. The highest BCUT2D eigenvalue weighted by molar-refractivity contribution is 6.44. The Morgan fingerprint density at radius 3 is 2.24 bits per heavy atom. The first kappa shape index (κ1) is 19.6. The molecule has 4 nitrogen and oxygen atoms in total. The van der Waals surface area contributed by atoms with Crippen molar-refractivity contribution < 1.29 is 14.3 Å². The maximum atomic E-state index is 12.3. The minimum Gasteiger partial charge on any atom is -0.455 e. The Labute approximate surface area is 161 Å².